The lowest BCUT2D eigenvalue weighted by molar-refractivity contribution is -0.130. The highest BCUT2D eigenvalue weighted by Crippen LogP contribution is 2.15. The molecule has 3 aromatic rings. The Morgan fingerprint density at radius 2 is 1.77 bits per heavy atom. The molecular weight excluding hydrogens is 410 g/mol. The first kappa shape index (κ1) is 21.0. The number of urea groups is 1. The zero-order valence-electron chi connectivity index (χ0n) is 17.2. The number of hydrogen-bond acceptors (Lipinski definition) is 4. The lowest BCUT2D eigenvalue weighted by Crippen LogP contribution is -2.38. The van der Waals surface area contributed by atoms with Gasteiger partial charge in [0.1, 0.15) is 0 Å². The van der Waals surface area contributed by atoms with Crippen molar-refractivity contribution in [2.24, 2.45) is 0 Å². The van der Waals surface area contributed by atoms with Gasteiger partial charge in [-0.15, -0.1) is 0 Å². The van der Waals surface area contributed by atoms with Crippen molar-refractivity contribution < 1.29 is 9.59 Å². The molecule has 1 aliphatic heterocycles. The standard InChI is InChI=1S/C23H25N5O2S/c29-22(27-12-14-31-15-13-27)16-18-6-8-20(9-7-18)26-23(30)24-17-19-4-1-2-5-21(19)28-11-3-10-25-28/h1-11H,12-17H2,(H2,24,26,30). The Morgan fingerprint density at radius 3 is 2.52 bits per heavy atom. The Kier molecular flexibility index (Phi) is 6.89. The lowest BCUT2D eigenvalue weighted by atomic mass is 10.1. The summed E-state index contributed by atoms with van der Waals surface area (Å²) in [4.78, 5) is 26.7. The van der Waals surface area contributed by atoms with Crippen molar-refractivity contribution in [3.63, 3.8) is 0 Å². The molecule has 1 fully saturated rings. The van der Waals surface area contributed by atoms with Crippen LogP contribution in [0, 0.1) is 0 Å². The summed E-state index contributed by atoms with van der Waals surface area (Å²) in [7, 11) is 0. The van der Waals surface area contributed by atoms with Gasteiger partial charge in [-0.1, -0.05) is 30.3 Å². The fourth-order valence-electron chi connectivity index (χ4n) is 3.45. The number of nitrogens with one attached hydrogen (secondary N) is 2. The van der Waals surface area contributed by atoms with Crippen LogP contribution in [0.15, 0.2) is 67.0 Å². The van der Waals surface area contributed by atoms with Crippen LogP contribution in [0.4, 0.5) is 10.5 Å². The van der Waals surface area contributed by atoms with E-state index in [-0.39, 0.29) is 11.9 Å². The number of aromatic nitrogens is 2. The maximum Gasteiger partial charge on any atom is 0.319 e. The first-order valence-electron chi connectivity index (χ1n) is 10.3. The molecule has 1 saturated heterocycles. The smallest absolute Gasteiger partial charge is 0.319 e. The van der Waals surface area contributed by atoms with Gasteiger partial charge in [-0.05, 0) is 35.4 Å². The normalized spacial score (nSPS) is 13.6. The van der Waals surface area contributed by atoms with Crippen LogP contribution in [0.1, 0.15) is 11.1 Å². The molecule has 2 N–H and O–H groups in total. The van der Waals surface area contributed by atoms with E-state index in [4.69, 9.17) is 0 Å². The molecule has 0 atom stereocenters. The second kappa shape index (κ2) is 10.2. The minimum Gasteiger partial charge on any atom is -0.341 e. The van der Waals surface area contributed by atoms with Gasteiger partial charge in [0, 0.05) is 49.2 Å². The molecule has 4 rings (SSSR count). The maximum atomic E-state index is 12.4. The topological polar surface area (TPSA) is 79.3 Å². The minimum atomic E-state index is -0.287. The van der Waals surface area contributed by atoms with E-state index in [9.17, 15) is 9.59 Å². The van der Waals surface area contributed by atoms with Gasteiger partial charge < -0.3 is 15.5 Å². The number of benzene rings is 2. The van der Waals surface area contributed by atoms with Gasteiger partial charge in [0.05, 0.1) is 12.1 Å². The summed E-state index contributed by atoms with van der Waals surface area (Å²) in [5, 5.41) is 9.99. The quantitative estimate of drug-likeness (QED) is 0.623. The van der Waals surface area contributed by atoms with E-state index >= 15 is 0 Å². The molecule has 2 aromatic carbocycles. The number of carbonyl (C=O) groups excluding carboxylic acids is 2. The van der Waals surface area contributed by atoms with Crippen molar-refractivity contribution in [3.8, 4) is 5.69 Å². The number of thioether (sulfide) groups is 1. The van der Waals surface area contributed by atoms with Gasteiger partial charge in [-0.2, -0.15) is 16.9 Å². The maximum absolute atomic E-state index is 12.4. The Labute approximate surface area is 185 Å². The van der Waals surface area contributed by atoms with Crippen LogP contribution in [-0.4, -0.2) is 51.2 Å². The molecule has 160 valence electrons. The van der Waals surface area contributed by atoms with Crippen LogP contribution >= 0.6 is 11.8 Å². The van der Waals surface area contributed by atoms with E-state index in [1.54, 1.807) is 10.9 Å². The number of rotatable bonds is 6. The monoisotopic (exact) mass is 435 g/mol. The molecule has 0 radical (unpaired) electrons. The molecule has 0 unspecified atom stereocenters. The van der Waals surface area contributed by atoms with Gasteiger partial charge in [-0.3, -0.25) is 4.79 Å². The average Bonchev–Trinajstić information content (AvgIpc) is 3.35. The molecule has 8 heteroatoms. The number of hydrogen-bond donors (Lipinski definition) is 2. The van der Waals surface area contributed by atoms with Crippen molar-refractivity contribution in [1.82, 2.24) is 20.0 Å². The summed E-state index contributed by atoms with van der Waals surface area (Å²) in [6.07, 6.45) is 3.98. The van der Waals surface area contributed by atoms with Crippen molar-refractivity contribution in [1.29, 1.82) is 0 Å². The third kappa shape index (κ3) is 5.67. The second-order valence-electron chi connectivity index (χ2n) is 7.25. The molecule has 0 bridgehead atoms. The van der Waals surface area contributed by atoms with E-state index in [1.165, 1.54) is 0 Å². The molecule has 31 heavy (non-hydrogen) atoms. The van der Waals surface area contributed by atoms with Crippen molar-refractivity contribution in [3.05, 3.63) is 78.1 Å². The Bertz CT molecular complexity index is 1010. The van der Waals surface area contributed by atoms with E-state index in [0.29, 0.717) is 18.7 Å². The van der Waals surface area contributed by atoms with Crippen molar-refractivity contribution in [2.45, 2.75) is 13.0 Å². The van der Waals surface area contributed by atoms with Crippen LogP contribution in [-0.2, 0) is 17.8 Å². The van der Waals surface area contributed by atoms with E-state index in [0.717, 1.165) is 41.4 Å². The Hall–Kier alpha value is -3.26. The van der Waals surface area contributed by atoms with Gasteiger partial charge in [0.25, 0.3) is 0 Å². The van der Waals surface area contributed by atoms with Crippen molar-refractivity contribution >= 4 is 29.4 Å². The van der Waals surface area contributed by atoms with Crippen LogP contribution in [0.25, 0.3) is 5.69 Å². The molecule has 1 aromatic heterocycles. The number of nitrogens with zero attached hydrogens (tertiary/aromatic N) is 3. The van der Waals surface area contributed by atoms with Crippen LogP contribution in [0.3, 0.4) is 0 Å². The SMILES string of the molecule is O=C(NCc1ccccc1-n1cccn1)Nc1ccc(CC(=O)N2CCSCC2)cc1. The Balaban J connectivity index is 1.29. The number of carbonyl (C=O) groups is 2. The van der Waals surface area contributed by atoms with Crippen LogP contribution < -0.4 is 10.6 Å². The first-order chi connectivity index (χ1) is 15.2. The highest BCUT2D eigenvalue weighted by molar-refractivity contribution is 7.99. The summed E-state index contributed by atoms with van der Waals surface area (Å²) >= 11 is 1.89. The largest absolute Gasteiger partial charge is 0.341 e. The van der Waals surface area contributed by atoms with Crippen molar-refractivity contribution in [2.75, 3.05) is 29.9 Å². The molecule has 2 heterocycles. The van der Waals surface area contributed by atoms with Gasteiger partial charge in [-0.25, -0.2) is 9.48 Å². The third-order valence-electron chi connectivity index (χ3n) is 5.11. The molecule has 0 saturated carbocycles. The predicted octanol–water partition coefficient (Wildman–Crippen LogP) is 3.31. The average molecular weight is 436 g/mol. The molecule has 0 spiro atoms. The van der Waals surface area contributed by atoms with E-state index in [1.807, 2.05) is 77.5 Å². The highest BCUT2D eigenvalue weighted by atomic mass is 32.2. The van der Waals surface area contributed by atoms with Gasteiger partial charge in [0.2, 0.25) is 5.91 Å². The fraction of sp³-hybridized carbons (Fsp3) is 0.261. The number of para-hydroxylation sites is 1. The van der Waals surface area contributed by atoms with Gasteiger partial charge >= 0.3 is 6.03 Å². The Morgan fingerprint density at radius 1 is 1.00 bits per heavy atom. The summed E-state index contributed by atoms with van der Waals surface area (Å²) in [6.45, 7) is 2.03. The molecule has 7 nitrogen and oxygen atoms in total. The summed E-state index contributed by atoms with van der Waals surface area (Å²) in [5.74, 6) is 2.18. The lowest BCUT2D eigenvalue weighted by Gasteiger charge is -2.26. The molecule has 3 amide bonds. The molecular formula is C23H25N5O2S. The second-order valence-corrected chi connectivity index (χ2v) is 8.48. The fourth-order valence-corrected chi connectivity index (χ4v) is 4.35. The zero-order chi connectivity index (χ0) is 21.5. The van der Waals surface area contributed by atoms with E-state index < -0.39 is 0 Å². The summed E-state index contributed by atoms with van der Waals surface area (Å²) in [6, 6.07) is 16.8. The zero-order valence-corrected chi connectivity index (χ0v) is 18.0. The molecule has 1 aliphatic rings. The summed E-state index contributed by atoms with van der Waals surface area (Å²) < 4.78 is 1.78. The number of anilines is 1. The highest BCUT2D eigenvalue weighted by Gasteiger charge is 2.16. The first-order valence-corrected chi connectivity index (χ1v) is 11.4. The summed E-state index contributed by atoms with van der Waals surface area (Å²) in [5.41, 5.74) is 3.52. The van der Waals surface area contributed by atoms with Crippen LogP contribution in [0.2, 0.25) is 0 Å². The molecule has 0 aliphatic carbocycles. The predicted molar refractivity (Wildman–Crippen MR) is 123 cm³/mol. The van der Waals surface area contributed by atoms with Gasteiger partial charge in [0.15, 0.2) is 0 Å². The number of amides is 3. The van der Waals surface area contributed by atoms with Crippen LogP contribution in [0.5, 0.6) is 0 Å². The minimum absolute atomic E-state index is 0.162. The van der Waals surface area contributed by atoms with E-state index in [2.05, 4.69) is 15.7 Å². The third-order valence-corrected chi connectivity index (χ3v) is 6.06.